The number of nitrogens with zero attached hydrogens (tertiary/aromatic N) is 4. The lowest BCUT2D eigenvalue weighted by atomic mass is 10.0. The van der Waals surface area contributed by atoms with Crippen molar-refractivity contribution in [1.29, 1.82) is 0 Å². The Kier molecular flexibility index (Phi) is 3.65. The Balaban J connectivity index is 1.70. The molecule has 118 valence electrons. The average molecular weight is 329 g/mol. The first-order valence-electron chi connectivity index (χ1n) is 7.81. The molecule has 1 aromatic carbocycles. The van der Waals surface area contributed by atoms with Crippen molar-refractivity contribution >= 4 is 28.5 Å². The molecule has 5 nitrogen and oxygen atoms in total. The van der Waals surface area contributed by atoms with Crippen LogP contribution >= 0.6 is 11.6 Å². The molecule has 1 aliphatic rings. The van der Waals surface area contributed by atoms with Crippen molar-refractivity contribution in [2.45, 2.75) is 32.2 Å². The van der Waals surface area contributed by atoms with E-state index in [9.17, 15) is 0 Å². The molecule has 1 atom stereocenters. The molecule has 0 bridgehead atoms. The number of hydrogen-bond donors (Lipinski definition) is 0. The van der Waals surface area contributed by atoms with Gasteiger partial charge in [0.1, 0.15) is 17.5 Å². The van der Waals surface area contributed by atoms with Gasteiger partial charge in [0.25, 0.3) is 5.71 Å². The summed E-state index contributed by atoms with van der Waals surface area (Å²) in [5, 5.41) is 5.77. The van der Waals surface area contributed by atoms with Crippen LogP contribution in [0.25, 0.3) is 11.1 Å². The molecule has 1 fully saturated rings. The molecule has 0 spiro atoms. The summed E-state index contributed by atoms with van der Waals surface area (Å²) in [6, 6.07) is 8.42. The van der Waals surface area contributed by atoms with Crippen molar-refractivity contribution in [2.24, 2.45) is 0 Å². The quantitative estimate of drug-likeness (QED) is 0.732. The number of rotatable bonds is 3. The van der Waals surface area contributed by atoms with Crippen LogP contribution < -0.4 is 4.90 Å². The summed E-state index contributed by atoms with van der Waals surface area (Å²) in [5.41, 5.74) is 2.56. The minimum atomic E-state index is 0.377. The number of halogens is 1. The minimum Gasteiger partial charge on any atom is -0.353 e. The van der Waals surface area contributed by atoms with Crippen LogP contribution in [0.15, 0.2) is 35.1 Å². The standard InChI is InChI=1S/C17H17ClN4O/c1-11-15-16(19-10-20-17(15)23-21-11)22-8-4-6-13(22)9-12-5-2-3-7-14(12)18/h2-3,5,7,10,13H,4,6,8-9H2,1H3. The smallest absolute Gasteiger partial charge is 0.263 e. The summed E-state index contributed by atoms with van der Waals surface area (Å²) in [5.74, 6) is 0.920. The van der Waals surface area contributed by atoms with E-state index < -0.39 is 0 Å². The van der Waals surface area contributed by atoms with Crippen LogP contribution in [-0.2, 0) is 6.42 Å². The predicted octanol–water partition coefficient (Wildman–Crippen LogP) is 3.79. The molecule has 0 aliphatic carbocycles. The molecule has 4 rings (SSSR count). The molecule has 1 aliphatic heterocycles. The summed E-state index contributed by atoms with van der Waals surface area (Å²) in [7, 11) is 0. The van der Waals surface area contributed by atoms with Gasteiger partial charge in [-0.05, 0) is 37.8 Å². The van der Waals surface area contributed by atoms with Crippen molar-refractivity contribution in [2.75, 3.05) is 11.4 Å². The van der Waals surface area contributed by atoms with Crippen LogP contribution in [0.2, 0.25) is 5.02 Å². The Hall–Kier alpha value is -2.14. The molecule has 1 saturated heterocycles. The van der Waals surface area contributed by atoms with E-state index in [1.165, 1.54) is 5.56 Å². The SMILES string of the molecule is Cc1noc2ncnc(N3CCCC3Cc3ccccc3Cl)c12. The third-order valence-electron chi connectivity index (χ3n) is 4.49. The Bertz CT molecular complexity index is 847. The first-order chi connectivity index (χ1) is 11.2. The molecule has 0 N–H and O–H groups in total. The summed E-state index contributed by atoms with van der Waals surface area (Å²) in [6.45, 7) is 2.91. The number of benzene rings is 1. The normalized spacial score (nSPS) is 18.0. The van der Waals surface area contributed by atoms with Gasteiger partial charge in [-0.1, -0.05) is 35.0 Å². The third-order valence-corrected chi connectivity index (χ3v) is 4.85. The van der Waals surface area contributed by atoms with Gasteiger partial charge in [0, 0.05) is 17.6 Å². The molecule has 23 heavy (non-hydrogen) atoms. The molecule has 3 aromatic rings. The zero-order valence-electron chi connectivity index (χ0n) is 12.9. The van der Waals surface area contributed by atoms with Crippen molar-refractivity contribution in [3.8, 4) is 0 Å². The number of anilines is 1. The van der Waals surface area contributed by atoms with Gasteiger partial charge in [0.2, 0.25) is 0 Å². The molecule has 0 radical (unpaired) electrons. The molecule has 3 heterocycles. The maximum absolute atomic E-state index is 6.33. The van der Waals surface area contributed by atoms with E-state index >= 15 is 0 Å². The molecule has 2 aromatic heterocycles. The molecular formula is C17H17ClN4O. The highest BCUT2D eigenvalue weighted by Crippen LogP contribution is 2.33. The van der Waals surface area contributed by atoms with E-state index in [0.717, 1.165) is 47.7 Å². The van der Waals surface area contributed by atoms with E-state index in [0.29, 0.717) is 11.8 Å². The van der Waals surface area contributed by atoms with Crippen LogP contribution in [0.1, 0.15) is 24.1 Å². The van der Waals surface area contributed by atoms with Crippen LogP contribution in [0.4, 0.5) is 5.82 Å². The molecule has 0 amide bonds. The highest BCUT2D eigenvalue weighted by Gasteiger charge is 2.29. The molecule has 1 unspecified atom stereocenters. The highest BCUT2D eigenvalue weighted by atomic mass is 35.5. The van der Waals surface area contributed by atoms with Gasteiger partial charge < -0.3 is 9.42 Å². The molecule has 6 heteroatoms. The Morgan fingerprint density at radius 3 is 3.04 bits per heavy atom. The van der Waals surface area contributed by atoms with E-state index in [2.05, 4.69) is 26.1 Å². The monoisotopic (exact) mass is 328 g/mol. The van der Waals surface area contributed by atoms with E-state index in [1.54, 1.807) is 6.33 Å². The van der Waals surface area contributed by atoms with Crippen LogP contribution in [-0.4, -0.2) is 27.7 Å². The van der Waals surface area contributed by atoms with Crippen molar-refractivity contribution in [3.63, 3.8) is 0 Å². The maximum Gasteiger partial charge on any atom is 0.263 e. The highest BCUT2D eigenvalue weighted by molar-refractivity contribution is 6.31. The number of hydrogen-bond acceptors (Lipinski definition) is 5. The van der Waals surface area contributed by atoms with Crippen LogP contribution in [0.5, 0.6) is 0 Å². The number of fused-ring (bicyclic) bond motifs is 1. The van der Waals surface area contributed by atoms with Gasteiger partial charge in [0.05, 0.1) is 5.69 Å². The molecular weight excluding hydrogens is 312 g/mol. The fraction of sp³-hybridized carbons (Fsp3) is 0.353. The maximum atomic E-state index is 6.33. The van der Waals surface area contributed by atoms with Gasteiger partial charge in [-0.25, -0.2) is 4.98 Å². The fourth-order valence-electron chi connectivity index (χ4n) is 3.37. The summed E-state index contributed by atoms with van der Waals surface area (Å²) in [4.78, 5) is 11.0. The van der Waals surface area contributed by atoms with Crippen molar-refractivity contribution in [1.82, 2.24) is 15.1 Å². The lowest BCUT2D eigenvalue weighted by Gasteiger charge is -2.26. The first-order valence-corrected chi connectivity index (χ1v) is 8.19. The zero-order valence-corrected chi connectivity index (χ0v) is 13.6. The van der Waals surface area contributed by atoms with Crippen LogP contribution in [0, 0.1) is 6.92 Å². The summed E-state index contributed by atoms with van der Waals surface area (Å²) < 4.78 is 5.27. The second kappa shape index (κ2) is 5.81. The Labute approximate surface area is 139 Å². The van der Waals surface area contributed by atoms with Gasteiger partial charge >= 0.3 is 0 Å². The van der Waals surface area contributed by atoms with Crippen molar-refractivity contribution in [3.05, 3.63) is 46.9 Å². The lowest BCUT2D eigenvalue weighted by Crippen LogP contribution is -2.32. The van der Waals surface area contributed by atoms with Crippen LogP contribution in [0.3, 0.4) is 0 Å². The number of aromatic nitrogens is 3. The third kappa shape index (κ3) is 2.55. The fourth-order valence-corrected chi connectivity index (χ4v) is 3.58. The summed E-state index contributed by atoms with van der Waals surface area (Å²) >= 11 is 6.33. The average Bonchev–Trinajstić information content (AvgIpc) is 3.17. The topological polar surface area (TPSA) is 55.1 Å². The first kappa shape index (κ1) is 14.5. The predicted molar refractivity (Wildman–Crippen MR) is 89.9 cm³/mol. The van der Waals surface area contributed by atoms with E-state index in [-0.39, 0.29) is 0 Å². The second-order valence-corrected chi connectivity index (χ2v) is 6.34. The molecule has 0 saturated carbocycles. The lowest BCUT2D eigenvalue weighted by molar-refractivity contribution is 0.442. The van der Waals surface area contributed by atoms with Gasteiger partial charge in [0.15, 0.2) is 0 Å². The Morgan fingerprint density at radius 2 is 2.17 bits per heavy atom. The largest absolute Gasteiger partial charge is 0.353 e. The van der Waals surface area contributed by atoms with E-state index in [4.69, 9.17) is 16.1 Å². The van der Waals surface area contributed by atoms with Gasteiger partial charge in [-0.2, -0.15) is 4.98 Å². The second-order valence-electron chi connectivity index (χ2n) is 5.93. The van der Waals surface area contributed by atoms with E-state index in [1.807, 2.05) is 25.1 Å². The van der Waals surface area contributed by atoms with Gasteiger partial charge in [-0.3, -0.25) is 0 Å². The minimum absolute atomic E-state index is 0.377. The summed E-state index contributed by atoms with van der Waals surface area (Å²) in [6.07, 6.45) is 4.73. The van der Waals surface area contributed by atoms with Gasteiger partial charge in [-0.15, -0.1) is 0 Å². The Morgan fingerprint density at radius 1 is 1.30 bits per heavy atom. The number of aryl methyl sites for hydroxylation is 1. The van der Waals surface area contributed by atoms with Crippen molar-refractivity contribution < 1.29 is 4.52 Å². The zero-order chi connectivity index (χ0) is 15.8.